The van der Waals surface area contributed by atoms with Crippen molar-refractivity contribution in [2.45, 2.75) is 33.1 Å². The SMILES string of the molecule is CC(=O)n1c(C(C)(C)C)nc2ccccc21. The van der Waals surface area contributed by atoms with Crippen LogP contribution < -0.4 is 0 Å². The van der Waals surface area contributed by atoms with Gasteiger partial charge in [-0.25, -0.2) is 4.98 Å². The Morgan fingerprint density at radius 2 is 1.88 bits per heavy atom. The molecule has 3 heteroatoms. The Kier molecular flexibility index (Phi) is 2.34. The smallest absolute Gasteiger partial charge is 0.229 e. The van der Waals surface area contributed by atoms with E-state index in [4.69, 9.17) is 0 Å². The van der Waals surface area contributed by atoms with Crippen LogP contribution in [0.25, 0.3) is 11.0 Å². The normalized spacial score (nSPS) is 12.0. The third-order valence-electron chi connectivity index (χ3n) is 2.55. The van der Waals surface area contributed by atoms with Crippen molar-refractivity contribution >= 4 is 16.9 Å². The Labute approximate surface area is 95.1 Å². The number of carbonyl (C=O) groups is 1. The number of hydrogen-bond donors (Lipinski definition) is 0. The second kappa shape index (κ2) is 3.44. The highest BCUT2D eigenvalue weighted by atomic mass is 16.1. The van der Waals surface area contributed by atoms with E-state index in [0.717, 1.165) is 16.9 Å². The first-order valence-corrected chi connectivity index (χ1v) is 5.40. The number of para-hydroxylation sites is 2. The predicted molar refractivity (Wildman–Crippen MR) is 64.7 cm³/mol. The van der Waals surface area contributed by atoms with E-state index in [1.165, 1.54) is 0 Å². The molecule has 0 amide bonds. The highest BCUT2D eigenvalue weighted by Gasteiger charge is 2.24. The minimum absolute atomic E-state index is 0.0126. The minimum atomic E-state index is -0.134. The Bertz CT molecular complexity index is 547. The van der Waals surface area contributed by atoms with Crippen molar-refractivity contribution in [1.82, 2.24) is 9.55 Å². The highest BCUT2D eigenvalue weighted by Crippen LogP contribution is 2.25. The number of rotatable bonds is 0. The van der Waals surface area contributed by atoms with Crippen LogP contribution in [0.3, 0.4) is 0 Å². The highest BCUT2D eigenvalue weighted by molar-refractivity contribution is 5.90. The van der Waals surface area contributed by atoms with E-state index >= 15 is 0 Å². The second-order valence-electron chi connectivity index (χ2n) is 5.03. The van der Waals surface area contributed by atoms with E-state index in [9.17, 15) is 4.79 Å². The second-order valence-corrected chi connectivity index (χ2v) is 5.03. The molecule has 2 rings (SSSR count). The van der Waals surface area contributed by atoms with Crippen LogP contribution in [0.5, 0.6) is 0 Å². The van der Waals surface area contributed by atoms with Crippen LogP contribution in [0.2, 0.25) is 0 Å². The topological polar surface area (TPSA) is 34.9 Å². The number of fused-ring (bicyclic) bond motifs is 1. The Morgan fingerprint density at radius 3 is 2.44 bits per heavy atom. The van der Waals surface area contributed by atoms with Crippen molar-refractivity contribution in [1.29, 1.82) is 0 Å². The zero-order chi connectivity index (χ0) is 11.9. The van der Waals surface area contributed by atoms with Crippen LogP contribution in [-0.2, 0) is 5.41 Å². The van der Waals surface area contributed by atoms with Crippen LogP contribution in [0.1, 0.15) is 38.3 Å². The van der Waals surface area contributed by atoms with Gasteiger partial charge in [0.2, 0.25) is 5.91 Å². The zero-order valence-electron chi connectivity index (χ0n) is 10.1. The molecule has 0 saturated carbocycles. The summed E-state index contributed by atoms with van der Waals surface area (Å²) in [6, 6.07) is 7.73. The van der Waals surface area contributed by atoms with Crippen molar-refractivity contribution < 1.29 is 4.79 Å². The van der Waals surface area contributed by atoms with Crippen LogP contribution in [0.4, 0.5) is 0 Å². The molecular formula is C13H16N2O. The molecule has 1 aromatic heterocycles. The van der Waals surface area contributed by atoms with Crippen LogP contribution >= 0.6 is 0 Å². The van der Waals surface area contributed by atoms with Gasteiger partial charge in [0.1, 0.15) is 5.82 Å². The molecule has 0 radical (unpaired) electrons. The maximum Gasteiger partial charge on any atom is 0.229 e. The summed E-state index contributed by atoms with van der Waals surface area (Å²) in [6.07, 6.45) is 0. The summed E-state index contributed by atoms with van der Waals surface area (Å²) in [6.45, 7) is 7.76. The van der Waals surface area contributed by atoms with Gasteiger partial charge in [0.25, 0.3) is 0 Å². The predicted octanol–water partition coefficient (Wildman–Crippen LogP) is 2.99. The molecule has 0 saturated heterocycles. The van der Waals surface area contributed by atoms with Gasteiger partial charge < -0.3 is 0 Å². The first-order valence-electron chi connectivity index (χ1n) is 5.40. The third kappa shape index (κ3) is 1.62. The molecular weight excluding hydrogens is 200 g/mol. The van der Waals surface area contributed by atoms with Crippen LogP contribution in [0.15, 0.2) is 24.3 Å². The molecule has 0 aliphatic heterocycles. The lowest BCUT2D eigenvalue weighted by Crippen LogP contribution is -2.21. The van der Waals surface area contributed by atoms with Crippen molar-refractivity contribution in [3.63, 3.8) is 0 Å². The number of hydrogen-bond acceptors (Lipinski definition) is 2. The molecule has 0 spiro atoms. The molecule has 0 unspecified atom stereocenters. The van der Waals surface area contributed by atoms with E-state index in [-0.39, 0.29) is 11.3 Å². The molecule has 2 aromatic rings. The fourth-order valence-electron chi connectivity index (χ4n) is 1.85. The van der Waals surface area contributed by atoms with E-state index in [1.807, 2.05) is 24.3 Å². The molecule has 0 aliphatic rings. The van der Waals surface area contributed by atoms with Gasteiger partial charge in [0.15, 0.2) is 0 Å². The number of aromatic nitrogens is 2. The Balaban J connectivity index is 2.84. The standard InChI is InChI=1S/C13H16N2O/c1-9(16)15-11-8-6-5-7-10(11)14-12(15)13(2,3)4/h5-8H,1-4H3. The molecule has 0 atom stereocenters. The lowest BCUT2D eigenvalue weighted by atomic mass is 9.95. The maximum atomic E-state index is 11.7. The summed E-state index contributed by atoms with van der Waals surface area (Å²) in [5.74, 6) is 0.833. The summed E-state index contributed by atoms with van der Waals surface area (Å²) >= 11 is 0. The zero-order valence-corrected chi connectivity index (χ0v) is 10.1. The summed E-state index contributed by atoms with van der Waals surface area (Å²) < 4.78 is 1.70. The molecule has 0 fully saturated rings. The Morgan fingerprint density at radius 1 is 1.25 bits per heavy atom. The number of imidazole rings is 1. The molecule has 1 heterocycles. The largest absolute Gasteiger partial charge is 0.274 e. The maximum absolute atomic E-state index is 11.7. The van der Waals surface area contributed by atoms with Gasteiger partial charge >= 0.3 is 0 Å². The fourth-order valence-corrected chi connectivity index (χ4v) is 1.85. The lowest BCUT2D eigenvalue weighted by Gasteiger charge is -2.18. The monoisotopic (exact) mass is 216 g/mol. The number of carbonyl (C=O) groups excluding carboxylic acids is 1. The first-order chi connectivity index (χ1) is 7.41. The summed E-state index contributed by atoms with van der Waals surface area (Å²) in [4.78, 5) is 16.3. The van der Waals surface area contributed by atoms with Gasteiger partial charge in [-0.15, -0.1) is 0 Å². The van der Waals surface area contributed by atoms with Crippen molar-refractivity contribution in [2.24, 2.45) is 0 Å². The summed E-state index contributed by atoms with van der Waals surface area (Å²) in [7, 11) is 0. The Hall–Kier alpha value is -1.64. The van der Waals surface area contributed by atoms with Crippen molar-refractivity contribution in [2.75, 3.05) is 0 Å². The first kappa shape index (κ1) is 10.9. The molecule has 84 valence electrons. The molecule has 1 aromatic carbocycles. The van der Waals surface area contributed by atoms with E-state index in [2.05, 4.69) is 25.8 Å². The summed E-state index contributed by atoms with van der Waals surface area (Å²) in [5.41, 5.74) is 1.63. The minimum Gasteiger partial charge on any atom is -0.274 e. The van der Waals surface area contributed by atoms with E-state index in [1.54, 1.807) is 11.5 Å². The molecule has 3 nitrogen and oxygen atoms in total. The summed E-state index contributed by atoms with van der Waals surface area (Å²) in [5, 5.41) is 0. The number of nitrogens with zero attached hydrogens (tertiary/aromatic N) is 2. The van der Waals surface area contributed by atoms with Crippen molar-refractivity contribution in [3.8, 4) is 0 Å². The fraction of sp³-hybridized carbons (Fsp3) is 0.385. The van der Waals surface area contributed by atoms with Gasteiger partial charge in [-0.1, -0.05) is 32.9 Å². The van der Waals surface area contributed by atoms with Gasteiger partial charge in [0.05, 0.1) is 11.0 Å². The quantitative estimate of drug-likeness (QED) is 0.678. The van der Waals surface area contributed by atoms with Crippen LogP contribution in [0, 0.1) is 0 Å². The van der Waals surface area contributed by atoms with Crippen molar-refractivity contribution in [3.05, 3.63) is 30.1 Å². The van der Waals surface area contributed by atoms with E-state index in [0.29, 0.717) is 0 Å². The van der Waals surface area contributed by atoms with Gasteiger partial charge in [0, 0.05) is 12.3 Å². The average molecular weight is 216 g/mol. The molecule has 0 N–H and O–H groups in total. The van der Waals surface area contributed by atoms with Crippen LogP contribution in [-0.4, -0.2) is 15.5 Å². The van der Waals surface area contributed by atoms with Gasteiger partial charge in [-0.05, 0) is 12.1 Å². The molecule has 16 heavy (non-hydrogen) atoms. The number of benzene rings is 1. The molecule has 0 bridgehead atoms. The third-order valence-corrected chi connectivity index (χ3v) is 2.55. The van der Waals surface area contributed by atoms with Gasteiger partial charge in [-0.2, -0.15) is 0 Å². The molecule has 0 aliphatic carbocycles. The lowest BCUT2D eigenvalue weighted by molar-refractivity contribution is 0.0934. The average Bonchev–Trinajstić information content (AvgIpc) is 2.55. The van der Waals surface area contributed by atoms with Gasteiger partial charge in [-0.3, -0.25) is 9.36 Å². The van der Waals surface area contributed by atoms with E-state index < -0.39 is 0 Å².